The Morgan fingerprint density at radius 2 is 1.89 bits per heavy atom. The van der Waals surface area contributed by atoms with Crippen molar-refractivity contribution >= 4 is 57.2 Å². The van der Waals surface area contributed by atoms with Crippen LogP contribution in [0.1, 0.15) is 26.3 Å². The van der Waals surface area contributed by atoms with Gasteiger partial charge in [-0.1, -0.05) is 55.8 Å². The van der Waals surface area contributed by atoms with Crippen molar-refractivity contribution in [1.29, 1.82) is 0 Å². The van der Waals surface area contributed by atoms with Gasteiger partial charge in [0, 0.05) is 22.2 Å². The molecule has 0 fully saturated rings. The number of pyridine rings is 1. The highest BCUT2D eigenvalue weighted by molar-refractivity contribution is 7.93. The van der Waals surface area contributed by atoms with Crippen molar-refractivity contribution in [3.8, 4) is 11.3 Å². The largest absolute Gasteiger partial charge is 0.413 e. The number of halogens is 1. The molecule has 0 aliphatic heterocycles. The van der Waals surface area contributed by atoms with Crippen molar-refractivity contribution in [2.75, 3.05) is 4.72 Å². The Labute approximate surface area is 215 Å². The minimum atomic E-state index is -3.80. The molecular formula is C24H27ClN4O3S2Si. The van der Waals surface area contributed by atoms with Crippen LogP contribution in [-0.4, -0.2) is 31.9 Å². The maximum atomic E-state index is 12.8. The minimum Gasteiger partial charge on any atom is -0.413 e. The molecule has 0 bridgehead atoms. The Bertz CT molecular complexity index is 1470. The van der Waals surface area contributed by atoms with Crippen molar-refractivity contribution in [3.63, 3.8) is 0 Å². The van der Waals surface area contributed by atoms with Gasteiger partial charge in [0.15, 0.2) is 8.32 Å². The summed E-state index contributed by atoms with van der Waals surface area (Å²) < 4.78 is 34.6. The predicted molar refractivity (Wildman–Crippen MR) is 145 cm³/mol. The average Bonchev–Trinajstić information content (AvgIpc) is 3.29. The molecule has 2 heterocycles. The van der Waals surface area contributed by atoms with Gasteiger partial charge in [-0.3, -0.25) is 9.71 Å². The van der Waals surface area contributed by atoms with Gasteiger partial charge in [-0.25, -0.2) is 8.42 Å². The molecule has 0 saturated carbocycles. The molecule has 0 aliphatic carbocycles. The summed E-state index contributed by atoms with van der Waals surface area (Å²) in [5.41, 5.74) is 4.06. The van der Waals surface area contributed by atoms with Crippen LogP contribution in [0.5, 0.6) is 0 Å². The number of nitrogens with one attached hydrogen (secondary N) is 1. The minimum absolute atomic E-state index is 0.0774. The van der Waals surface area contributed by atoms with Crippen molar-refractivity contribution < 1.29 is 12.8 Å². The Kier molecular flexibility index (Phi) is 7.04. The predicted octanol–water partition coefficient (Wildman–Crippen LogP) is 6.73. The molecule has 0 radical (unpaired) electrons. The van der Waals surface area contributed by atoms with Gasteiger partial charge in [0.2, 0.25) is 5.13 Å². The first-order valence-corrected chi connectivity index (χ1v) is 16.6. The van der Waals surface area contributed by atoms with E-state index < -0.39 is 18.3 Å². The smallest absolute Gasteiger partial charge is 0.263 e. The van der Waals surface area contributed by atoms with Crippen molar-refractivity contribution in [2.24, 2.45) is 0 Å². The Morgan fingerprint density at radius 1 is 1.11 bits per heavy atom. The maximum Gasteiger partial charge on any atom is 0.263 e. The van der Waals surface area contributed by atoms with E-state index >= 15 is 0 Å². The summed E-state index contributed by atoms with van der Waals surface area (Å²) in [6.07, 6.45) is 1.68. The molecule has 0 spiro atoms. The third kappa shape index (κ3) is 5.57. The molecule has 0 atom stereocenters. The lowest BCUT2D eigenvalue weighted by Crippen LogP contribution is -2.40. The summed E-state index contributed by atoms with van der Waals surface area (Å²) in [7, 11) is -5.78. The van der Waals surface area contributed by atoms with Gasteiger partial charge in [0.1, 0.15) is 5.51 Å². The van der Waals surface area contributed by atoms with E-state index in [9.17, 15) is 8.42 Å². The first-order chi connectivity index (χ1) is 16.4. The second kappa shape index (κ2) is 9.59. The molecule has 2 aromatic carbocycles. The molecule has 4 aromatic rings. The van der Waals surface area contributed by atoms with Crippen LogP contribution in [0.2, 0.25) is 23.2 Å². The van der Waals surface area contributed by atoms with Gasteiger partial charge in [0.25, 0.3) is 10.0 Å². The van der Waals surface area contributed by atoms with E-state index in [1.54, 1.807) is 30.5 Å². The molecule has 0 aliphatic rings. The standard InChI is InChI=1S/C24H27ClN4O3S2Si/c1-24(2,3)35(4,5)32-14-17-12-18(25)6-8-21(17)22-20-9-7-19(13-16(20)10-11-26-22)34(30,31)29-23-28-27-15-33-23/h6-13,15H,14H2,1-5H3,(H,28,29). The second-order valence-electron chi connectivity index (χ2n) is 9.74. The maximum absolute atomic E-state index is 12.8. The van der Waals surface area contributed by atoms with Crippen LogP contribution >= 0.6 is 22.9 Å². The molecule has 35 heavy (non-hydrogen) atoms. The number of hydrogen-bond acceptors (Lipinski definition) is 7. The van der Waals surface area contributed by atoms with Gasteiger partial charge in [-0.2, -0.15) is 0 Å². The molecule has 2 aromatic heterocycles. The number of rotatable bonds is 7. The van der Waals surface area contributed by atoms with E-state index in [1.165, 1.54) is 5.51 Å². The highest BCUT2D eigenvalue weighted by Gasteiger charge is 2.37. The third-order valence-electron chi connectivity index (χ3n) is 6.35. The lowest BCUT2D eigenvalue weighted by atomic mass is 10.00. The quantitative estimate of drug-likeness (QED) is 0.258. The zero-order valence-corrected chi connectivity index (χ0v) is 23.6. The number of aromatic nitrogens is 3. The van der Waals surface area contributed by atoms with E-state index in [-0.39, 0.29) is 15.1 Å². The first-order valence-electron chi connectivity index (χ1n) is 11.0. The number of nitrogens with zero attached hydrogens (tertiary/aromatic N) is 3. The van der Waals surface area contributed by atoms with Crippen molar-refractivity contribution in [3.05, 3.63) is 64.8 Å². The topological polar surface area (TPSA) is 94.1 Å². The zero-order valence-electron chi connectivity index (χ0n) is 20.2. The normalized spacial score (nSPS) is 12.7. The number of fused-ring (bicyclic) bond motifs is 1. The van der Waals surface area contributed by atoms with Gasteiger partial charge in [-0.05, 0) is 59.4 Å². The molecule has 184 valence electrons. The lowest BCUT2D eigenvalue weighted by molar-refractivity contribution is 0.277. The Morgan fingerprint density at radius 3 is 2.57 bits per heavy atom. The van der Waals surface area contributed by atoms with E-state index in [4.69, 9.17) is 16.0 Å². The fraction of sp³-hybridized carbons (Fsp3) is 0.292. The first kappa shape index (κ1) is 25.7. The van der Waals surface area contributed by atoms with Gasteiger partial charge in [0.05, 0.1) is 17.2 Å². The molecule has 0 saturated heterocycles. The van der Waals surface area contributed by atoms with E-state index in [0.29, 0.717) is 11.6 Å². The van der Waals surface area contributed by atoms with Crippen LogP contribution in [-0.2, 0) is 21.1 Å². The monoisotopic (exact) mass is 546 g/mol. The molecule has 11 heteroatoms. The van der Waals surface area contributed by atoms with Crippen molar-refractivity contribution in [1.82, 2.24) is 15.2 Å². The van der Waals surface area contributed by atoms with Gasteiger partial charge in [-0.15, -0.1) is 10.2 Å². The highest BCUT2D eigenvalue weighted by atomic mass is 35.5. The van der Waals surface area contributed by atoms with Crippen molar-refractivity contribution in [2.45, 2.75) is 50.4 Å². The lowest BCUT2D eigenvalue weighted by Gasteiger charge is -2.36. The van der Waals surface area contributed by atoms with Crippen LogP contribution in [0.3, 0.4) is 0 Å². The average molecular weight is 547 g/mol. The second-order valence-corrected chi connectivity index (χ2v) is 17.5. The Balaban J connectivity index is 1.73. The van der Waals surface area contributed by atoms with Gasteiger partial charge >= 0.3 is 0 Å². The van der Waals surface area contributed by atoms with Crippen LogP contribution in [0.25, 0.3) is 22.0 Å². The summed E-state index contributed by atoms with van der Waals surface area (Å²) in [5.74, 6) is 0. The van der Waals surface area contributed by atoms with Crippen LogP contribution < -0.4 is 4.72 Å². The SMILES string of the molecule is CC(C)(C)[Si](C)(C)OCc1cc(Cl)ccc1-c1nccc2cc(S(=O)(=O)Nc3nncs3)ccc12. The summed E-state index contributed by atoms with van der Waals surface area (Å²) in [4.78, 5) is 4.78. The molecule has 0 amide bonds. The summed E-state index contributed by atoms with van der Waals surface area (Å²) in [6.45, 7) is 11.5. The summed E-state index contributed by atoms with van der Waals surface area (Å²) in [6, 6.07) is 12.5. The Hall–Kier alpha value is -2.37. The van der Waals surface area contributed by atoms with E-state index in [1.807, 2.05) is 18.2 Å². The van der Waals surface area contributed by atoms with Crippen LogP contribution in [0.15, 0.2) is 59.1 Å². The molecular weight excluding hydrogens is 520 g/mol. The molecule has 1 N–H and O–H groups in total. The molecule has 4 rings (SSSR count). The highest BCUT2D eigenvalue weighted by Crippen LogP contribution is 2.38. The fourth-order valence-electron chi connectivity index (χ4n) is 3.32. The number of anilines is 1. The molecule has 7 nitrogen and oxygen atoms in total. The summed E-state index contributed by atoms with van der Waals surface area (Å²) >= 11 is 7.46. The molecule has 0 unspecified atom stereocenters. The van der Waals surface area contributed by atoms with Gasteiger partial charge < -0.3 is 4.43 Å². The zero-order chi connectivity index (χ0) is 25.4. The number of benzene rings is 2. The van der Waals surface area contributed by atoms with E-state index in [0.717, 1.165) is 38.9 Å². The fourth-order valence-corrected chi connectivity index (χ4v) is 6.19. The van der Waals surface area contributed by atoms with E-state index in [2.05, 4.69) is 53.8 Å². The van der Waals surface area contributed by atoms with Crippen LogP contribution in [0, 0.1) is 0 Å². The van der Waals surface area contributed by atoms with Crippen LogP contribution in [0.4, 0.5) is 5.13 Å². The number of sulfonamides is 1. The summed E-state index contributed by atoms with van der Waals surface area (Å²) in [5, 5.41) is 9.93. The third-order valence-corrected chi connectivity index (χ3v) is 13.1. The number of hydrogen-bond donors (Lipinski definition) is 1.